The van der Waals surface area contributed by atoms with Gasteiger partial charge < -0.3 is 9.52 Å². The van der Waals surface area contributed by atoms with Crippen molar-refractivity contribution in [3.8, 4) is 0 Å². The van der Waals surface area contributed by atoms with Gasteiger partial charge in [0.25, 0.3) is 5.69 Å². The van der Waals surface area contributed by atoms with Crippen LogP contribution in [-0.4, -0.2) is 20.2 Å². The standard InChI is InChI=1S/C13H11NO6S/c15-13(16)12(21(19)8-11-2-1-7-20-11)9-3-5-10(6-4-9)14(17)18/h1-7,12H,8H2,(H,15,16)/t12-,21-/m1/s1. The van der Waals surface area contributed by atoms with Crippen molar-refractivity contribution >= 4 is 22.5 Å². The van der Waals surface area contributed by atoms with Gasteiger partial charge in [-0.3, -0.25) is 19.1 Å². The fourth-order valence-electron chi connectivity index (χ4n) is 1.80. The van der Waals surface area contributed by atoms with E-state index in [2.05, 4.69) is 0 Å². The molecule has 7 nitrogen and oxygen atoms in total. The molecule has 0 saturated heterocycles. The van der Waals surface area contributed by atoms with Crippen molar-refractivity contribution < 1.29 is 23.5 Å². The summed E-state index contributed by atoms with van der Waals surface area (Å²) in [5.41, 5.74) is 0.0951. The average Bonchev–Trinajstić information content (AvgIpc) is 2.91. The number of rotatable bonds is 6. The van der Waals surface area contributed by atoms with Crippen LogP contribution in [0, 0.1) is 10.1 Å². The normalized spacial score (nSPS) is 13.5. The summed E-state index contributed by atoms with van der Waals surface area (Å²) in [7, 11) is -1.75. The Labute approximate surface area is 121 Å². The van der Waals surface area contributed by atoms with Crippen LogP contribution in [0.4, 0.5) is 5.69 Å². The van der Waals surface area contributed by atoms with Crippen LogP contribution in [0.3, 0.4) is 0 Å². The number of non-ortho nitro benzene ring substituents is 1. The third-order valence-electron chi connectivity index (χ3n) is 2.76. The highest BCUT2D eigenvalue weighted by atomic mass is 32.2. The molecular formula is C13H11NO6S. The molecule has 2 aromatic rings. The highest BCUT2D eigenvalue weighted by Crippen LogP contribution is 2.25. The number of nitro benzene ring substituents is 1. The molecule has 0 aliphatic carbocycles. The minimum atomic E-state index is -1.75. The van der Waals surface area contributed by atoms with Gasteiger partial charge in [0.05, 0.1) is 16.9 Å². The molecule has 2 rings (SSSR count). The molecule has 21 heavy (non-hydrogen) atoms. The Morgan fingerprint density at radius 3 is 2.48 bits per heavy atom. The first kappa shape index (κ1) is 14.9. The van der Waals surface area contributed by atoms with Gasteiger partial charge in [-0.25, -0.2) is 0 Å². The zero-order valence-corrected chi connectivity index (χ0v) is 11.5. The summed E-state index contributed by atoms with van der Waals surface area (Å²) < 4.78 is 17.3. The number of aliphatic carboxylic acids is 1. The van der Waals surface area contributed by atoms with Crippen LogP contribution in [0.25, 0.3) is 0 Å². The molecule has 1 heterocycles. The summed E-state index contributed by atoms with van der Waals surface area (Å²) in [4.78, 5) is 21.3. The van der Waals surface area contributed by atoms with Gasteiger partial charge in [0.2, 0.25) is 0 Å². The number of hydrogen-bond donors (Lipinski definition) is 1. The predicted octanol–water partition coefficient (Wildman–Crippen LogP) is 2.26. The van der Waals surface area contributed by atoms with E-state index in [1.54, 1.807) is 12.1 Å². The average molecular weight is 309 g/mol. The largest absolute Gasteiger partial charge is 0.480 e. The highest BCUT2D eigenvalue weighted by molar-refractivity contribution is 7.85. The van der Waals surface area contributed by atoms with Crippen molar-refractivity contribution in [3.05, 3.63) is 64.1 Å². The molecule has 8 heteroatoms. The van der Waals surface area contributed by atoms with E-state index in [9.17, 15) is 24.2 Å². The van der Waals surface area contributed by atoms with Crippen LogP contribution >= 0.6 is 0 Å². The van der Waals surface area contributed by atoms with E-state index in [0.717, 1.165) is 0 Å². The van der Waals surface area contributed by atoms with Crippen LogP contribution in [0.5, 0.6) is 0 Å². The molecule has 1 aromatic carbocycles. The second kappa shape index (κ2) is 6.31. The Morgan fingerprint density at radius 2 is 2.00 bits per heavy atom. The number of benzene rings is 1. The van der Waals surface area contributed by atoms with Crippen molar-refractivity contribution in [1.29, 1.82) is 0 Å². The number of carbonyl (C=O) groups is 1. The van der Waals surface area contributed by atoms with E-state index < -0.39 is 26.9 Å². The van der Waals surface area contributed by atoms with Crippen molar-refractivity contribution in [1.82, 2.24) is 0 Å². The summed E-state index contributed by atoms with van der Waals surface area (Å²) >= 11 is 0. The van der Waals surface area contributed by atoms with E-state index >= 15 is 0 Å². The fourth-order valence-corrected chi connectivity index (χ4v) is 3.09. The number of carboxylic acid groups (broad SMARTS) is 1. The molecule has 0 radical (unpaired) electrons. The second-order valence-corrected chi connectivity index (χ2v) is 5.69. The first-order chi connectivity index (χ1) is 9.99. The molecule has 0 saturated carbocycles. The number of nitro groups is 1. The molecule has 0 fully saturated rings. The van der Waals surface area contributed by atoms with Crippen LogP contribution in [0.2, 0.25) is 0 Å². The summed E-state index contributed by atoms with van der Waals surface area (Å²) in [6.45, 7) is 0. The van der Waals surface area contributed by atoms with Crippen LogP contribution < -0.4 is 0 Å². The van der Waals surface area contributed by atoms with Gasteiger partial charge in [0, 0.05) is 22.9 Å². The lowest BCUT2D eigenvalue weighted by Crippen LogP contribution is -2.18. The topological polar surface area (TPSA) is 111 Å². The van der Waals surface area contributed by atoms with Crippen molar-refractivity contribution in [2.24, 2.45) is 0 Å². The van der Waals surface area contributed by atoms with Crippen molar-refractivity contribution in [3.63, 3.8) is 0 Å². The van der Waals surface area contributed by atoms with Gasteiger partial charge in [0.15, 0.2) is 5.25 Å². The zero-order chi connectivity index (χ0) is 15.4. The summed E-state index contributed by atoms with van der Waals surface area (Å²) in [6, 6.07) is 8.21. The molecule has 0 spiro atoms. The van der Waals surface area contributed by atoms with Gasteiger partial charge >= 0.3 is 5.97 Å². The Kier molecular flexibility index (Phi) is 4.49. The lowest BCUT2D eigenvalue weighted by atomic mass is 10.1. The lowest BCUT2D eigenvalue weighted by molar-refractivity contribution is -0.384. The van der Waals surface area contributed by atoms with E-state index in [1.165, 1.54) is 30.5 Å². The molecule has 0 amide bonds. The molecule has 0 unspecified atom stereocenters. The van der Waals surface area contributed by atoms with Gasteiger partial charge in [0.1, 0.15) is 5.76 Å². The van der Waals surface area contributed by atoms with Crippen LogP contribution in [0.1, 0.15) is 16.6 Å². The third-order valence-corrected chi connectivity index (χ3v) is 4.33. The summed E-state index contributed by atoms with van der Waals surface area (Å²) in [5, 5.41) is 18.6. The molecule has 0 aliphatic rings. The van der Waals surface area contributed by atoms with Crippen LogP contribution in [0.15, 0.2) is 47.1 Å². The molecular weight excluding hydrogens is 298 g/mol. The maximum Gasteiger partial charge on any atom is 0.323 e. The fraction of sp³-hybridized carbons (Fsp3) is 0.154. The maximum absolute atomic E-state index is 12.2. The Bertz CT molecular complexity index is 664. The van der Waals surface area contributed by atoms with Crippen molar-refractivity contribution in [2.45, 2.75) is 11.0 Å². The molecule has 2 atom stereocenters. The lowest BCUT2D eigenvalue weighted by Gasteiger charge is -2.11. The molecule has 1 aromatic heterocycles. The first-order valence-corrected chi connectivity index (χ1v) is 7.24. The molecule has 0 bridgehead atoms. The monoisotopic (exact) mass is 309 g/mol. The Hall–Kier alpha value is -2.48. The minimum Gasteiger partial charge on any atom is -0.480 e. The minimum absolute atomic E-state index is 0.0407. The maximum atomic E-state index is 12.2. The summed E-state index contributed by atoms with van der Waals surface area (Å²) in [6.07, 6.45) is 1.41. The molecule has 0 aliphatic heterocycles. The zero-order valence-electron chi connectivity index (χ0n) is 10.7. The first-order valence-electron chi connectivity index (χ1n) is 5.85. The van der Waals surface area contributed by atoms with E-state index in [4.69, 9.17) is 4.42 Å². The number of furan rings is 1. The number of carboxylic acids is 1. The van der Waals surface area contributed by atoms with Crippen molar-refractivity contribution in [2.75, 3.05) is 0 Å². The smallest absolute Gasteiger partial charge is 0.323 e. The SMILES string of the molecule is O=C(O)[C@@H](c1ccc([N+](=O)[O-])cc1)[S@](=O)Cc1ccco1. The third kappa shape index (κ3) is 3.54. The van der Waals surface area contributed by atoms with Crippen LogP contribution in [-0.2, 0) is 21.3 Å². The Morgan fingerprint density at radius 1 is 1.33 bits per heavy atom. The quantitative estimate of drug-likeness (QED) is 0.647. The van der Waals surface area contributed by atoms with Gasteiger partial charge in [-0.2, -0.15) is 0 Å². The highest BCUT2D eigenvalue weighted by Gasteiger charge is 2.28. The number of nitrogens with zero attached hydrogens (tertiary/aromatic N) is 1. The molecule has 1 N–H and O–H groups in total. The Balaban J connectivity index is 2.24. The van der Waals surface area contributed by atoms with Gasteiger partial charge in [-0.1, -0.05) is 12.1 Å². The number of hydrogen-bond acceptors (Lipinski definition) is 5. The molecule has 110 valence electrons. The van der Waals surface area contributed by atoms with E-state index in [0.29, 0.717) is 5.76 Å². The van der Waals surface area contributed by atoms with E-state index in [1.807, 2.05) is 0 Å². The van der Waals surface area contributed by atoms with Gasteiger partial charge in [-0.05, 0) is 17.7 Å². The summed E-state index contributed by atoms with van der Waals surface area (Å²) in [5.74, 6) is -0.878. The predicted molar refractivity (Wildman–Crippen MR) is 74.0 cm³/mol. The second-order valence-electron chi connectivity index (χ2n) is 4.17. The van der Waals surface area contributed by atoms with E-state index in [-0.39, 0.29) is 17.0 Å². The van der Waals surface area contributed by atoms with Gasteiger partial charge in [-0.15, -0.1) is 0 Å².